The molecule has 1 aliphatic heterocycles. The van der Waals surface area contributed by atoms with Gasteiger partial charge in [0.1, 0.15) is 11.5 Å². The molecule has 0 saturated heterocycles. The zero-order valence-electron chi connectivity index (χ0n) is 15.3. The van der Waals surface area contributed by atoms with Crippen LogP contribution in [0, 0.1) is 10.1 Å². The van der Waals surface area contributed by atoms with E-state index in [-0.39, 0.29) is 18.1 Å². The Morgan fingerprint density at radius 3 is 2.10 bits per heavy atom. The molecule has 29 heavy (non-hydrogen) atoms. The highest BCUT2D eigenvalue weighted by Crippen LogP contribution is 2.43. The number of hydrogen-bond acceptors (Lipinski definition) is 5. The van der Waals surface area contributed by atoms with E-state index in [1.54, 1.807) is 0 Å². The van der Waals surface area contributed by atoms with Crippen molar-refractivity contribution in [3.8, 4) is 11.5 Å². The average molecular weight is 390 g/mol. The van der Waals surface area contributed by atoms with Crippen molar-refractivity contribution in [1.29, 1.82) is 0 Å². The normalized spacial score (nSPS) is 13.6. The highest BCUT2D eigenvalue weighted by Gasteiger charge is 2.32. The quantitative estimate of drug-likeness (QED) is 0.511. The van der Waals surface area contributed by atoms with E-state index in [4.69, 9.17) is 4.74 Å². The van der Waals surface area contributed by atoms with Crippen molar-refractivity contribution < 1.29 is 19.6 Å². The van der Waals surface area contributed by atoms with Crippen LogP contribution in [0.5, 0.6) is 11.5 Å². The lowest BCUT2D eigenvalue weighted by molar-refractivity contribution is -0.384. The number of hydrogen-bond donors (Lipinski definition) is 2. The van der Waals surface area contributed by atoms with Crippen LogP contribution in [0.3, 0.4) is 0 Å². The summed E-state index contributed by atoms with van der Waals surface area (Å²) in [7, 11) is 0. The molecule has 0 unspecified atom stereocenters. The van der Waals surface area contributed by atoms with E-state index in [2.05, 4.69) is 5.32 Å². The van der Waals surface area contributed by atoms with Crippen molar-refractivity contribution in [2.75, 3.05) is 6.54 Å². The van der Waals surface area contributed by atoms with Gasteiger partial charge in [-0.05, 0) is 29.8 Å². The highest BCUT2D eigenvalue weighted by atomic mass is 16.6. The van der Waals surface area contributed by atoms with Gasteiger partial charge in [0.15, 0.2) is 0 Å². The molecule has 0 fully saturated rings. The van der Waals surface area contributed by atoms with Gasteiger partial charge in [-0.25, -0.2) is 0 Å². The molecule has 1 heterocycles. The minimum absolute atomic E-state index is 0.0155. The summed E-state index contributed by atoms with van der Waals surface area (Å²) in [5.41, 5.74) is 1.95. The number of fused-ring (bicyclic) bond motifs is 2. The third-order valence-corrected chi connectivity index (χ3v) is 4.90. The molecule has 3 aromatic carbocycles. The highest BCUT2D eigenvalue weighted by molar-refractivity contribution is 5.89. The first-order valence-corrected chi connectivity index (χ1v) is 9.10. The summed E-state index contributed by atoms with van der Waals surface area (Å²) in [5.74, 6) is 0.443. The number of rotatable bonds is 5. The number of carbonyl (C=O) groups excluding carboxylic acids is 1. The first kappa shape index (κ1) is 18.6. The number of nitro groups is 1. The van der Waals surface area contributed by atoms with Crippen molar-refractivity contribution in [1.82, 2.24) is 5.32 Å². The predicted molar refractivity (Wildman–Crippen MR) is 106 cm³/mol. The van der Waals surface area contributed by atoms with Crippen molar-refractivity contribution in [3.05, 3.63) is 99.6 Å². The summed E-state index contributed by atoms with van der Waals surface area (Å²) < 4.78 is 5.90. The molecule has 0 bridgehead atoms. The number of nitrogens with one attached hydrogen (secondary N) is 1. The van der Waals surface area contributed by atoms with E-state index < -0.39 is 16.9 Å². The number of aliphatic hydroxyl groups excluding tert-OH is 1. The Morgan fingerprint density at radius 1 is 1.00 bits per heavy atom. The number of non-ortho nitro benzene ring substituents is 1. The smallest absolute Gasteiger partial charge is 0.269 e. The Kier molecular flexibility index (Phi) is 4.97. The number of benzene rings is 3. The maximum absolute atomic E-state index is 13.0. The van der Waals surface area contributed by atoms with Crippen molar-refractivity contribution in [2.45, 2.75) is 12.0 Å². The second kappa shape index (κ2) is 7.73. The fourth-order valence-electron chi connectivity index (χ4n) is 3.43. The van der Waals surface area contributed by atoms with Gasteiger partial charge in [0.2, 0.25) is 5.91 Å². The van der Waals surface area contributed by atoms with Gasteiger partial charge in [0.05, 0.1) is 16.9 Å². The van der Waals surface area contributed by atoms with Crippen LogP contribution >= 0.6 is 0 Å². The second-order valence-electron chi connectivity index (χ2n) is 6.72. The van der Waals surface area contributed by atoms with E-state index in [0.29, 0.717) is 17.1 Å². The lowest BCUT2D eigenvalue weighted by atomic mass is 9.87. The molecule has 1 amide bonds. The molecule has 0 radical (unpaired) electrons. The summed E-state index contributed by atoms with van der Waals surface area (Å²) >= 11 is 0. The van der Waals surface area contributed by atoms with Gasteiger partial charge in [-0.1, -0.05) is 36.4 Å². The Bertz CT molecular complexity index is 1020. The van der Waals surface area contributed by atoms with Gasteiger partial charge in [0, 0.05) is 29.8 Å². The van der Waals surface area contributed by atoms with Crippen LogP contribution in [-0.4, -0.2) is 22.5 Å². The van der Waals surface area contributed by atoms with E-state index >= 15 is 0 Å². The zero-order valence-corrected chi connectivity index (χ0v) is 15.3. The fourth-order valence-corrected chi connectivity index (χ4v) is 3.43. The number of carbonyl (C=O) groups is 1. The van der Waals surface area contributed by atoms with Crippen LogP contribution in [0.2, 0.25) is 0 Å². The van der Waals surface area contributed by atoms with E-state index in [1.165, 1.54) is 24.3 Å². The maximum Gasteiger partial charge on any atom is 0.269 e. The van der Waals surface area contributed by atoms with Crippen molar-refractivity contribution in [3.63, 3.8) is 0 Å². The van der Waals surface area contributed by atoms with Gasteiger partial charge < -0.3 is 15.2 Å². The molecule has 4 rings (SSSR count). The van der Waals surface area contributed by atoms with Crippen LogP contribution < -0.4 is 10.1 Å². The van der Waals surface area contributed by atoms with E-state index in [1.807, 2.05) is 48.5 Å². The van der Waals surface area contributed by atoms with Crippen LogP contribution in [0.25, 0.3) is 0 Å². The predicted octanol–water partition coefficient (Wildman–Crippen LogP) is 3.68. The lowest BCUT2D eigenvalue weighted by Gasteiger charge is -2.27. The molecule has 3 aromatic rings. The number of nitro benzene ring substituents is 1. The summed E-state index contributed by atoms with van der Waals surface area (Å²) in [6.45, 7) is -0.0155. The van der Waals surface area contributed by atoms with Crippen molar-refractivity contribution >= 4 is 11.6 Å². The largest absolute Gasteiger partial charge is 0.457 e. The Hall–Kier alpha value is -3.71. The first-order chi connectivity index (χ1) is 14.0. The molecule has 1 aliphatic rings. The van der Waals surface area contributed by atoms with E-state index in [9.17, 15) is 20.0 Å². The SMILES string of the molecule is O=C(NC[C@H](O)c1ccc([N+](=O)[O-])cc1)C1c2ccccc2Oc2ccccc21. The standard InChI is InChI=1S/C22H18N2O5/c25-18(14-9-11-15(12-10-14)24(27)28)13-23-22(26)21-16-5-1-3-7-19(16)29-20-8-4-2-6-17(20)21/h1-12,18,21,25H,13H2,(H,23,26)/t18-/m0/s1. The number of ether oxygens (including phenoxy) is 1. The van der Waals surface area contributed by atoms with E-state index in [0.717, 1.165) is 11.1 Å². The fraction of sp³-hybridized carbons (Fsp3) is 0.136. The molecular formula is C22H18N2O5. The molecule has 0 aromatic heterocycles. The number of aliphatic hydroxyl groups is 1. The molecule has 146 valence electrons. The summed E-state index contributed by atoms with van der Waals surface area (Å²) in [6.07, 6.45) is -0.981. The number of para-hydroxylation sites is 2. The molecule has 7 nitrogen and oxygen atoms in total. The number of nitrogens with zero attached hydrogens (tertiary/aromatic N) is 1. The first-order valence-electron chi connectivity index (χ1n) is 9.10. The lowest BCUT2D eigenvalue weighted by Crippen LogP contribution is -2.34. The van der Waals surface area contributed by atoms with Crippen molar-refractivity contribution in [2.24, 2.45) is 0 Å². The van der Waals surface area contributed by atoms with Gasteiger partial charge in [0.25, 0.3) is 5.69 Å². The summed E-state index contributed by atoms with van der Waals surface area (Å²) in [6, 6.07) is 20.3. The minimum Gasteiger partial charge on any atom is -0.457 e. The summed E-state index contributed by atoms with van der Waals surface area (Å²) in [5, 5.41) is 23.9. The van der Waals surface area contributed by atoms with Crippen LogP contribution in [0.4, 0.5) is 5.69 Å². The van der Waals surface area contributed by atoms with Gasteiger partial charge in [-0.3, -0.25) is 14.9 Å². The Balaban J connectivity index is 1.52. The molecule has 0 aliphatic carbocycles. The van der Waals surface area contributed by atoms with Gasteiger partial charge in [-0.2, -0.15) is 0 Å². The second-order valence-corrected chi connectivity index (χ2v) is 6.72. The molecule has 7 heteroatoms. The Labute approximate surface area is 166 Å². The third kappa shape index (κ3) is 3.68. The van der Waals surface area contributed by atoms with Crippen LogP contribution in [0.1, 0.15) is 28.7 Å². The summed E-state index contributed by atoms with van der Waals surface area (Å²) in [4.78, 5) is 23.3. The van der Waals surface area contributed by atoms with Crippen LogP contribution in [-0.2, 0) is 4.79 Å². The molecule has 2 N–H and O–H groups in total. The molecule has 0 saturated carbocycles. The molecule has 1 atom stereocenters. The monoisotopic (exact) mass is 390 g/mol. The molecular weight excluding hydrogens is 372 g/mol. The molecule has 0 spiro atoms. The minimum atomic E-state index is -0.981. The number of amides is 1. The Morgan fingerprint density at radius 2 is 1.55 bits per heavy atom. The van der Waals surface area contributed by atoms with Gasteiger partial charge in [-0.15, -0.1) is 0 Å². The topological polar surface area (TPSA) is 102 Å². The maximum atomic E-state index is 13.0. The third-order valence-electron chi connectivity index (χ3n) is 4.90. The van der Waals surface area contributed by atoms with Crippen LogP contribution in [0.15, 0.2) is 72.8 Å². The average Bonchev–Trinajstić information content (AvgIpc) is 2.75. The zero-order chi connectivity index (χ0) is 20.4. The van der Waals surface area contributed by atoms with Gasteiger partial charge >= 0.3 is 0 Å².